The summed E-state index contributed by atoms with van der Waals surface area (Å²) >= 11 is 1.45. The number of nitrogens with two attached hydrogens (primary N) is 7. The Kier molecular flexibility index (Phi) is 34.2. The maximum atomic E-state index is 15.0. The van der Waals surface area contributed by atoms with Crippen LogP contribution in [0.2, 0.25) is 0 Å². The zero-order valence-electron chi connectivity index (χ0n) is 56.2. The summed E-state index contributed by atoms with van der Waals surface area (Å²) in [5, 5.41) is 21.4. The Morgan fingerprint density at radius 2 is 1.02 bits per heavy atom. The Labute approximate surface area is 570 Å². The van der Waals surface area contributed by atoms with Gasteiger partial charge in [-0.2, -0.15) is 11.8 Å². The number of carbonyl (C=O) groups is 13. The van der Waals surface area contributed by atoms with Gasteiger partial charge in [0.05, 0.1) is 12.6 Å². The van der Waals surface area contributed by atoms with Crippen molar-refractivity contribution in [2.24, 2.45) is 51.0 Å². The first-order chi connectivity index (χ1) is 46.1. The minimum atomic E-state index is -1.66. The minimum absolute atomic E-state index is 0.0710. The molecule has 2 saturated heterocycles. The lowest BCUT2D eigenvalue weighted by Crippen LogP contribution is -2.61. The lowest BCUT2D eigenvalue weighted by Gasteiger charge is -2.32. The largest absolute Gasteiger partial charge is 0.370 e. The zero-order chi connectivity index (χ0) is 71.9. The predicted octanol–water partition coefficient (Wildman–Crippen LogP) is -2.59. The molecule has 2 fully saturated rings. The molecule has 2 aromatic carbocycles. The fraction of sp³-hybridized carbons (Fsp3) is 0.600. The lowest BCUT2D eigenvalue weighted by molar-refractivity contribution is -0.144. The minimum Gasteiger partial charge on any atom is -0.370 e. The second-order valence-electron chi connectivity index (χ2n) is 25.0. The second-order valence-corrected chi connectivity index (χ2v) is 26.0. The van der Waals surface area contributed by atoms with Gasteiger partial charge in [0.25, 0.3) is 0 Å². The van der Waals surface area contributed by atoms with Crippen molar-refractivity contribution in [3.8, 4) is 0 Å². The number of hydrogen-bond donors (Lipinski definition) is 15. The quantitative estimate of drug-likeness (QED) is 0.0184. The Bertz CT molecular complexity index is 3030. The normalized spacial score (nSPS) is 17.4. The SMILES string of the molecule is CSCC[C@H](NC(=O)[C@H](CC(C)C)NC(=O)CNC(=O)[C@@H](NC(=O)[C@@H](NC(=O)[C@H](CCC(N)=O)NC(=O)[C@H](CCC(N)=O)NC(=O)[C@@H]1CCCN1C(=O)[C@H](CCCCN)NC(=O)[C@@H]1CCCN1C(=O)[C@@H](N)CCCN=C(N)N)[C@@H](C)c1ccccc1)[C@@H](C)c1ccccc1)C(N)=O. The van der Waals surface area contributed by atoms with Crippen LogP contribution in [0.25, 0.3) is 0 Å². The van der Waals surface area contributed by atoms with Gasteiger partial charge in [-0.15, -0.1) is 0 Å². The van der Waals surface area contributed by atoms with Gasteiger partial charge in [-0.25, -0.2) is 0 Å². The molecule has 0 aliphatic carbocycles. The maximum Gasteiger partial charge on any atom is 0.245 e. The van der Waals surface area contributed by atoms with Gasteiger partial charge in [-0.05, 0) is 119 Å². The number of carbonyl (C=O) groups excluding carboxylic acids is 13. The van der Waals surface area contributed by atoms with Crippen LogP contribution >= 0.6 is 11.8 Å². The molecule has 0 spiro atoms. The third-order valence-corrected chi connectivity index (χ3v) is 17.7. The molecule has 2 aromatic rings. The molecule has 2 heterocycles. The summed E-state index contributed by atoms with van der Waals surface area (Å²) < 4.78 is 0. The van der Waals surface area contributed by atoms with E-state index in [9.17, 15) is 57.5 Å². The molecule has 2 aliphatic heterocycles. The first-order valence-corrected chi connectivity index (χ1v) is 34.4. The van der Waals surface area contributed by atoms with Crippen molar-refractivity contribution in [2.45, 2.75) is 196 Å². The van der Waals surface area contributed by atoms with E-state index < -0.39 is 181 Å². The van der Waals surface area contributed by atoms with Crippen LogP contribution in [0.4, 0.5) is 0 Å². The number of guanidine groups is 1. The number of rotatable bonds is 42. The van der Waals surface area contributed by atoms with Gasteiger partial charge in [-0.3, -0.25) is 67.3 Å². The average molecular weight is 1380 g/mol. The van der Waals surface area contributed by atoms with Crippen molar-refractivity contribution in [3.05, 3.63) is 71.8 Å². The third kappa shape index (κ3) is 26.6. The van der Waals surface area contributed by atoms with Gasteiger partial charge in [-0.1, -0.05) is 88.4 Å². The Morgan fingerprint density at radius 1 is 0.536 bits per heavy atom. The summed E-state index contributed by atoms with van der Waals surface area (Å²) in [6, 6.07) is 4.52. The highest BCUT2D eigenvalue weighted by molar-refractivity contribution is 7.98. The molecule has 536 valence electrons. The van der Waals surface area contributed by atoms with Crippen molar-refractivity contribution in [1.82, 2.24) is 52.3 Å². The maximum absolute atomic E-state index is 15.0. The molecule has 0 aromatic heterocycles. The molecular weight excluding hydrogens is 1270 g/mol. The summed E-state index contributed by atoms with van der Waals surface area (Å²) in [6.07, 6.45) is 3.38. The van der Waals surface area contributed by atoms with E-state index in [1.54, 1.807) is 74.5 Å². The monoisotopic (exact) mass is 1370 g/mol. The highest BCUT2D eigenvalue weighted by Crippen LogP contribution is 2.26. The van der Waals surface area contributed by atoms with Gasteiger partial charge in [0, 0.05) is 44.3 Å². The molecule has 13 amide bonds. The first-order valence-electron chi connectivity index (χ1n) is 33.0. The number of amides is 13. The number of nitrogens with one attached hydrogen (secondary N) is 8. The van der Waals surface area contributed by atoms with Crippen LogP contribution in [-0.2, 0) is 62.3 Å². The fourth-order valence-corrected chi connectivity index (χ4v) is 12.1. The fourth-order valence-electron chi connectivity index (χ4n) is 11.6. The van der Waals surface area contributed by atoms with E-state index in [0.717, 1.165) is 0 Å². The molecule has 97 heavy (non-hydrogen) atoms. The lowest BCUT2D eigenvalue weighted by atomic mass is 9.89. The molecule has 2 aliphatic rings. The number of likely N-dealkylation sites (tertiary alicyclic amines) is 2. The predicted molar refractivity (Wildman–Crippen MR) is 365 cm³/mol. The topological polar surface area (TPSA) is 519 Å². The number of primary amides is 3. The van der Waals surface area contributed by atoms with Crippen molar-refractivity contribution in [1.29, 1.82) is 0 Å². The molecular formula is C65H102N18O13S. The summed E-state index contributed by atoms with van der Waals surface area (Å²) in [5.74, 6) is -11.5. The Hall–Kier alpha value is -8.91. The van der Waals surface area contributed by atoms with Crippen molar-refractivity contribution < 1.29 is 62.3 Å². The van der Waals surface area contributed by atoms with E-state index in [1.807, 2.05) is 20.1 Å². The number of unbranched alkanes of at least 4 members (excludes halogenated alkanes) is 1. The molecule has 12 atom stereocenters. The van der Waals surface area contributed by atoms with Crippen LogP contribution < -0.4 is 82.7 Å². The summed E-state index contributed by atoms with van der Waals surface area (Å²) in [6.45, 7) is 7.14. The van der Waals surface area contributed by atoms with Gasteiger partial charge < -0.3 is 92.5 Å². The van der Waals surface area contributed by atoms with Crippen molar-refractivity contribution in [2.75, 3.05) is 44.7 Å². The highest BCUT2D eigenvalue weighted by atomic mass is 32.2. The number of nitrogens with zero attached hydrogens (tertiary/aromatic N) is 3. The van der Waals surface area contributed by atoms with E-state index in [1.165, 1.54) is 21.6 Å². The number of aliphatic imine (C=N–C) groups is 1. The standard InChI is InChI=1S/C65H102N18O13S/c1-37(2)35-47(58(90)76-43(55(70)87)29-34-97-5)75-52(86)36-74-61(93)53(38(3)40-17-8-6-9-18-40)81-62(94)54(39(4)41-19-10-7-11-20-41)80-57(89)45(26-28-51(69)85)77-56(88)44(25-27-50(68)84)78-59(91)49-24-16-33-83(49)64(96)46(22-12-13-30-66)79-60(92)48-23-15-32-82(48)63(95)42(67)21-14-31-73-65(71)72/h6-11,17-20,37-39,42-49,53-54H,12-16,21-36,66-67H2,1-5H3,(H2,68,84)(H2,69,85)(H2,70,87)(H,74,93)(H,75,86)(H,76,90)(H,77,88)(H,78,91)(H,79,92)(H,80,89)(H,81,94)(H4,71,72,73)/t38-,39-,42-,43-,44-,45-,46-,47-,48-,49-,53-,54-/m0/s1. The molecule has 32 heteroatoms. The van der Waals surface area contributed by atoms with Crippen LogP contribution in [-0.4, -0.2) is 198 Å². The summed E-state index contributed by atoms with van der Waals surface area (Å²) in [7, 11) is 0. The number of benzene rings is 2. The van der Waals surface area contributed by atoms with Gasteiger partial charge >= 0.3 is 0 Å². The first kappa shape index (κ1) is 80.5. The van der Waals surface area contributed by atoms with E-state index in [-0.39, 0.29) is 70.2 Å². The van der Waals surface area contributed by atoms with Crippen molar-refractivity contribution in [3.63, 3.8) is 0 Å². The van der Waals surface area contributed by atoms with Gasteiger partial charge in [0.2, 0.25) is 76.8 Å². The number of hydrogen-bond acceptors (Lipinski definition) is 17. The van der Waals surface area contributed by atoms with Crippen molar-refractivity contribution >= 4 is 94.5 Å². The van der Waals surface area contributed by atoms with E-state index in [2.05, 4.69) is 47.5 Å². The molecule has 22 N–H and O–H groups in total. The summed E-state index contributed by atoms with van der Waals surface area (Å²) in [5.41, 5.74) is 40.7. The van der Waals surface area contributed by atoms with E-state index in [4.69, 9.17) is 40.1 Å². The van der Waals surface area contributed by atoms with E-state index >= 15 is 4.79 Å². The van der Waals surface area contributed by atoms with Gasteiger partial charge in [0.15, 0.2) is 5.96 Å². The number of thioether (sulfide) groups is 1. The van der Waals surface area contributed by atoms with Crippen LogP contribution in [0.1, 0.15) is 147 Å². The second kappa shape index (κ2) is 41.3. The smallest absolute Gasteiger partial charge is 0.245 e. The highest BCUT2D eigenvalue weighted by Gasteiger charge is 2.43. The average Bonchev–Trinajstić information content (AvgIpc) is 1.82. The zero-order valence-corrected chi connectivity index (χ0v) is 57.0. The van der Waals surface area contributed by atoms with E-state index in [0.29, 0.717) is 55.4 Å². The molecule has 0 saturated carbocycles. The van der Waals surface area contributed by atoms with Crippen LogP contribution in [0.5, 0.6) is 0 Å². The third-order valence-electron chi connectivity index (χ3n) is 17.0. The summed E-state index contributed by atoms with van der Waals surface area (Å²) in [4.78, 5) is 186. The Morgan fingerprint density at radius 3 is 1.53 bits per heavy atom. The van der Waals surface area contributed by atoms with Crippen LogP contribution in [0, 0.1) is 5.92 Å². The molecule has 4 rings (SSSR count). The van der Waals surface area contributed by atoms with Crippen LogP contribution in [0.3, 0.4) is 0 Å². The Balaban J connectivity index is 1.60. The molecule has 0 bridgehead atoms. The van der Waals surface area contributed by atoms with Crippen LogP contribution in [0.15, 0.2) is 65.7 Å². The molecule has 0 unspecified atom stereocenters. The van der Waals surface area contributed by atoms with Gasteiger partial charge in [0.1, 0.15) is 54.4 Å². The molecule has 31 nitrogen and oxygen atoms in total. The molecule has 0 radical (unpaired) electrons.